The third-order valence-corrected chi connectivity index (χ3v) is 2.86. The molecule has 0 spiro atoms. The lowest BCUT2D eigenvalue weighted by atomic mass is 9.76. The Balaban J connectivity index is 2.36. The van der Waals surface area contributed by atoms with Gasteiger partial charge in [0.1, 0.15) is 17.9 Å². The summed E-state index contributed by atoms with van der Waals surface area (Å²) in [5, 5.41) is 14.3. The van der Waals surface area contributed by atoms with Crippen molar-refractivity contribution in [1.82, 2.24) is 9.78 Å². The normalized spacial score (nSPS) is 18.1. The Morgan fingerprint density at radius 2 is 2.33 bits per heavy atom. The Morgan fingerprint density at radius 1 is 1.67 bits per heavy atom. The Labute approximate surface area is 85.0 Å². The van der Waals surface area contributed by atoms with E-state index in [1.807, 2.05) is 0 Å². The molecule has 2 rings (SSSR count). The minimum atomic E-state index is -0.839. The van der Waals surface area contributed by atoms with E-state index in [0.29, 0.717) is 12.8 Å². The van der Waals surface area contributed by atoms with Crippen molar-refractivity contribution in [3.8, 4) is 0 Å². The highest BCUT2D eigenvalue weighted by atomic mass is 16.6. The topological polar surface area (TPSA) is 104 Å². The maximum absolute atomic E-state index is 11.3. The lowest BCUT2D eigenvalue weighted by Crippen LogP contribution is -2.51. The average molecular weight is 210 g/mol. The molecule has 1 fully saturated rings. The Morgan fingerprint density at radius 3 is 2.67 bits per heavy atom. The molecule has 1 saturated carbocycles. The number of hydrogen-bond donors (Lipinski definition) is 1. The number of primary amides is 1. The SMILES string of the molecule is NC(=O)C1(n2cc([N+](=O)[O-])cn2)CCC1. The van der Waals surface area contributed by atoms with Crippen molar-refractivity contribution in [1.29, 1.82) is 0 Å². The molecule has 0 radical (unpaired) electrons. The molecule has 0 aromatic carbocycles. The number of nitro groups is 1. The molecule has 0 unspecified atom stereocenters. The molecule has 1 aromatic rings. The highest BCUT2D eigenvalue weighted by Gasteiger charge is 2.45. The number of hydrogen-bond acceptors (Lipinski definition) is 4. The van der Waals surface area contributed by atoms with Gasteiger partial charge in [0.2, 0.25) is 5.91 Å². The van der Waals surface area contributed by atoms with Crippen LogP contribution in [0.4, 0.5) is 5.69 Å². The van der Waals surface area contributed by atoms with Crippen LogP contribution in [-0.2, 0) is 10.3 Å². The Hall–Kier alpha value is -1.92. The van der Waals surface area contributed by atoms with Gasteiger partial charge in [0.05, 0.1) is 4.92 Å². The molecule has 7 heteroatoms. The fraction of sp³-hybridized carbons (Fsp3) is 0.500. The fourth-order valence-electron chi connectivity index (χ4n) is 1.74. The molecule has 0 saturated heterocycles. The zero-order valence-corrected chi connectivity index (χ0v) is 7.92. The van der Waals surface area contributed by atoms with Gasteiger partial charge in [-0.15, -0.1) is 0 Å². The number of carbonyl (C=O) groups is 1. The number of carbonyl (C=O) groups excluding carboxylic acids is 1. The molecular formula is C8H10N4O3. The van der Waals surface area contributed by atoms with Crippen molar-refractivity contribution in [2.45, 2.75) is 24.8 Å². The summed E-state index contributed by atoms with van der Waals surface area (Å²) in [7, 11) is 0. The van der Waals surface area contributed by atoms with Crippen LogP contribution in [0, 0.1) is 10.1 Å². The average Bonchev–Trinajstić information content (AvgIpc) is 2.50. The van der Waals surface area contributed by atoms with E-state index >= 15 is 0 Å². The standard InChI is InChI=1S/C8H10N4O3/c9-7(13)8(2-1-3-8)11-5-6(4-10-11)12(14)15/h4-5H,1-3H2,(H2,9,13). The molecule has 0 bridgehead atoms. The van der Waals surface area contributed by atoms with E-state index in [1.165, 1.54) is 10.9 Å². The molecule has 0 aliphatic heterocycles. The van der Waals surface area contributed by atoms with Crippen molar-refractivity contribution in [3.05, 3.63) is 22.5 Å². The summed E-state index contributed by atoms with van der Waals surface area (Å²) in [5.41, 5.74) is 4.32. The first-order valence-electron chi connectivity index (χ1n) is 4.56. The van der Waals surface area contributed by atoms with E-state index in [1.54, 1.807) is 0 Å². The Kier molecular flexibility index (Phi) is 1.95. The van der Waals surface area contributed by atoms with E-state index < -0.39 is 16.4 Å². The summed E-state index contributed by atoms with van der Waals surface area (Å²) >= 11 is 0. The van der Waals surface area contributed by atoms with Gasteiger partial charge >= 0.3 is 5.69 Å². The summed E-state index contributed by atoms with van der Waals surface area (Å²) in [5.74, 6) is -0.480. The minimum absolute atomic E-state index is 0.123. The summed E-state index contributed by atoms with van der Waals surface area (Å²) < 4.78 is 1.32. The zero-order valence-electron chi connectivity index (χ0n) is 7.92. The second kappa shape index (κ2) is 3.04. The summed E-state index contributed by atoms with van der Waals surface area (Å²) in [6.07, 6.45) is 4.46. The Bertz CT molecular complexity index is 421. The predicted octanol–water partition coefficient (Wildman–Crippen LogP) is 0.156. The second-order valence-corrected chi connectivity index (χ2v) is 3.65. The smallest absolute Gasteiger partial charge is 0.307 e. The van der Waals surface area contributed by atoms with Crippen molar-refractivity contribution < 1.29 is 9.72 Å². The molecule has 1 aliphatic rings. The van der Waals surface area contributed by atoms with Crippen LogP contribution in [0.5, 0.6) is 0 Å². The van der Waals surface area contributed by atoms with Gasteiger partial charge in [-0.1, -0.05) is 0 Å². The lowest BCUT2D eigenvalue weighted by molar-refractivity contribution is -0.385. The lowest BCUT2D eigenvalue weighted by Gasteiger charge is -2.38. The number of aromatic nitrogens is 2. The molecular weight excluding hydrogens is 200 g/mol. The van der Waals surface area contributed by atoms with Gasteiger partial charge in [0.25, 0.3) is 0 Å². The van der Waals surface area contributed by atoms with Gasteiger partial charge in [-0.05, 0) is 19.3 Å². The van der Waals surface area contributed by atoms with E-state index in [0.717, 1.165) is 12.6 Å². The van der Waals surface area contributed by atoms with E-state index in [-0.39, 0.29) is 5.69 Å². The molecule has 7 nitrogen and oxygen atoms in total. The first-order chi connectivity index (χ1) is 7.06. The second-order valence-electron chi connectivity index (χ2n) is 3.65. The maximum Gasteiger partial charge on any atom is 0.307 e. The zero-order chi connectivity index (χ0) is 11.1. The van der Waals surface area contributed by atoms with Crippen LogP contribution in [0.25, 0.3) is 0 Å². The van der Waals surface area contributed by atoms with Crippen molar-refractivity contribution in [3.63, 3.8) is 0 Å². The van der Waals surface area contributed by atoms with E-state index in [9.17, 15) is 14.9 Å². The monoisotopic (exact) mass is 210 g/mol. The number of rotatable bonds is 3. The molecule has 0 atom stereocenters. The van der Waals surface area contributed by atoms with Crippen LogP contribution in [0.3, 0.4) is 0 Å². The van der Waals surface area contributed by atoms with E-state index in [2.05, 4.69) is 5.10 Å². The van der Waals surface area contributed by atoms with Crippen molar-refractivity contribution in [2.24, 2.45) is 5.73 Å². The van der Waals surface area contributed by atoms with E-state index in [4.69, 9.17) is 5.73 Å². The number of nitrogens with zero attached hydrogens (tertiary/aromatic N) is 3. The summed E-state index contributed by atoms with van der Waals surface area (Å²) in [4.78, 5) is 21.2. The molecule has 1 aliphatic carbocycles. The first-order valence-corrected chi connectivity index (χ1v) is 4.56. The van der Waals surface area contributed by atoms with Gasteiger partial charge in [-0.3, -0.25) is 19.6 Å². The van der Waals surface area contributed by atoms with Crippen LogP contribution < -0.4 is 5.73 Å². The van der Waals surface area contributed by atoms with Crippen LogP contribution >= 0.6 is 0 Å². The number of nitrogens with two attached hydrogens (primary N) is 1. The quantitative estimate of drug-likeness (QED) is 0.566. The van der Waals surface area contributed by atoms with Gasteiger partial charge in [0.15, 0.2) is 0 Å². The summed E-state index contributed by atoms with van der Waals surface area (Å²) in [6, 6.07) is 0. The summed E-state index contributed by atoms with van der Waals surface area (Å²) in [6.45, 7) is 0. The molecule has 1 aromatic heterocycles. The maximum atomic E-state index is 11.3. The highest BCUT2D eigenvalue weighted by molar-refractivity contribution is 5.83. The number of amides is 1. The van der Waals surface area contributed by atoms with Crippen molar-refractivity contribution in [2.75, 3.05) is 0 Å². The highest BCUT2D eigenvalue weighted by Crippen LogP contribution is 2.38. The van der Waals surface area contributed by atoms with Crippen LogP contribution in [0.2, 0.25) is 0 Å². The van der Waals surface area contributed by atoms with Crippen LogP contribution in [-0.4, -0.2) is 20.6 Å². The predicted molar refractivity (Wildman–Crippen MR) is 49.9 cm³/mol. The van der Waals surface area contributed by atoms with Gasteiger partial charge < -0.3 is 5.73 Å². The largest absolute Gasteiger partial charge is 0.368 e. The van der Waals surface area contributed by atoms with Crippen LogP contribution in [0.15, 0.2) is 12.4 Å². The molecule has 15 heavy (non-hydrogen) atoms. The van der Waals surface area contributed by atoms with Crippen molar-refractivity contribution >= 4 is 11.6 Å². The first kappa shape index (κ1) is 9.63. The third-order valence-electron chi connectivity index (χ3n) is 2.86. The molecule has 1 amide bonds. The van der Waals surface area contributed by atoms with Gasteiger partial charge in [-0.2, -0.15) is 5.10 Å². The van der Waals surface area contributed by atoms with Gasteiger partial charge in [0, 0.05) is 0 Å². The molecule has 2 N–H and O–H groups in total. The fourth-order valence-corrected chi connectivity index (χ4v) is 1.74. The molecule has 1 heterocycles. The molecule has 80 valence electrons. The van der Waals surface area contributed by atoms with Crippen LogP contribution in [0.1, 0.15) is 19.3 Å². The van der Waals surface area contributed by atoms with Gasteiger partial charge in [-0.25, -0.2) is 0 Å². The minimum Gasteiger partial charge on any atom is -0.368 e. The third kappa shape index (κ3) is 1.27.